The molecule has 1 aromatic heterocycles. The Kier molecular flexibility index (Phi) is 5.10. The van der Waals surface area contributed by atoms with Gasteiger partial charge in [-0.25, -0.2) is 4.68 Å². The van der Waals surface area contributed by atoms with Crippen molar-refractivity contribution in [1.82, 2.24) is 15.1 Å². The van der Waals surface area contributed by atoms with E-state index in [1.165, 1.54) is 11.8 Å². The van der Waals surface area contributed by atoms with Crippen molar-refractivity contribution in [3.05, 3.63) is 40.3 Å². The van der Waals surface area contributed by atoms with Crippen LogP contribution in [0.5, 0.6) is 0 Å². The molecule has 1 amide bonds. The molecule has 23 heavy (non-hydrogen) atoms. The predicted octanol–water partition coefficient (Wildman–Crippen LogP) is 0.955. The van der Waals surface area contributed by atoms with Gasteiger partial charge in [-0.2, -0.15) is 5.10 Å². The minimum Gasteiger partial charge on any atom is -0.468 e. The van der Waals surface area contributed by atoms with Gasteiger partial charge in [-0.3, -0.25) is 14.4 Å². The second-order valence-electron chi connectivity index (χ2n) is 5.53. The third kappa shape index (κ3) is 3.74. The number of ether oxygens (including phenoxy) is 1. The van der Waals surface area contributed by atoms with Crippen molar-refractivity contribution >= 4 is 22.6 Å². The number of benzene rings is 1. The molecule has 0 saturated heterocycles. The third-order valence-electron chi connectivity index (χ3n) is 3.24. The largest absolute Gasteiger partial charge is 0.468 e. The SMILES string of the molecule is COC(=O)CNC(=O)c1nn(CC(C)C)c(=O)c2ccccc12. The van der Waals surface area contributed by atoms with E-state index in [1.54, 1.807) is 24.3 Å². The molecule has 0 saturated carbocycles. The molecule has 7 heteroatoms. The number of hydrogen-bond donors (Lipinski definition) is 1. The summed E-state index contributed by atoms with van der Waals surface area (Å²) in [6, 6.07) is 6.79. The van der Waals surface area contributed by atoms with Gasteiger partial charge in [0, 0.05) is 11.9 Å². The van der Waals surface area contributed by atoms with Gasteiger partial charge in [0.05, 0.1) is 12.5 Å². The molecule has 1 aromatic carbocycles. The van der Waals surface area contributed by atoms with Crippen LogP contribution in [0.25, 0.3) is 10.8 Å². The average Bonchev–Trinajstić information content (AvgIpc) is 2.54. The molecule has 0 spiro atoms. The first-order valence-electron chi connectivity index (χ1n) is 7.29. The summed E-state index contributed by atoms with van der Waals surface area (Å²) in [5.74, 6) is -0.880. The van der Waals surface area contributed by atoms with E-state index in [0.29, 0.717) is 17.3 Å². The number of amides is 1. The second-order valence-corrected chi connectivity index (χ2v) is 5.53. The molecule has 0 fully saturated rings. The first-order chi connectivity index (χ1) is 10.9. The van der Waals surface area contributed by atoms with Crippen LogP contribution in [0, 0.1) is 5.92 Å². The van der Waals surface area contributed by atoms with Crippen LogP contribution in [0.1, 0.15) is 24.3 Å². The number of methoxy groups -OCH3 is 1. The Morgan fingerprint density at radius 1 is 1.26 bits per heavy atom. The molecule has 2 rings (SSSR count). The lowest BCUT2D eigenvalue weighted by atomic mass is 10.1. The molecule has 0 radical (unpaired) electrons. The highest BCUT2D eigenvalue weighted by molar-refractivity contribution is 6.05. The van der Waals surface area contributed by atoms with Crippen molar-refractivity contribution in [2.24, 2.45) is 5.92 Å². The van der Waals surface area contributed by atoms with Crippen LogP contribution in [-0.2, 0) is 16.1 Å². The van der Waals surface area contributed by atoms with Gasteiger partial charge in [0.15, 0.2) is 5.69 Å². The van der Waals surface area contributed by atoms with Crippen LogP contribution in [-0.4, -0.2) is 35.3 Å². The maximum Gasteiger partial charge on any atom is 0.325 e. The normalized spacial score (nSPS) is 10.8. The topological polar surface area (TPSA) is 90.3 Å². The summed E-state index contributed by atoms with van der Waals surface area (Å²) in [5, 5.41) is 7.52. The summed E-state index contributed by atoms with van der Waals surface area (Å²) in [6.07, 6.45) is 0. The van der Waals surface area contributed by atoms with E-state index in [-0.39, 0.29) is 23.7 Å². The van der Waals surface area contributed by atoms with Crippen LogP contribution in [0.3, 0.4) is 0 Å². The van der Waals surface area contributed by atoms with Crippen LogP contribution < -0.4 is 10.9 Å². The molecule has 1 heterocycles. The van der Waals surface area contributed by atoms with Crippen molar-refractivity contribution in [2.45, 2.75) is 20.4 Å². The van der Waals surface area contributed by atoms with Crippen molar-refractivity contribution in [2.75, 3.05) is 13.7 Å². The van der Waals surface area contributed by atoms with Crippen molar-refractivity contribution < 1.29 is 14.3 Å². The molecule has 0 aliphatic carbocycles. The second kappa shape index (κ2) is 7.04. The number of aromatic nitrogens is 2. The summed E-state index contributed by atoms with van der Waals surface area (Å²) in [6.45, 7) is 4.07. The number of nitrogens with zero attached hydrogens (tertiary/aromatic N) is 2. The number of hydrogen-bond acceptors (Lipinski definition) is 5. The number of esters is 1. The Morgan fingerprint density at radius 2 is 1.91 bits per heavy atom. The Hall–Kier alpha value is -2.70. The lowest BCUT2D eigenvalue weighted by Gasteiger charge is -2.12. The molecule has 1 N–H and O–H groups in total. The summed E-state index contributed by atoms with van der Waals surface area (Å²) in [4.78, 5) is 35.9. The predicted molar refractivity (Wildman–Crippen MR) is 85.2 cm³/mol. The first kappa shape index (κ1) is 16.7. The third-order valence-corrected chi connectivity index (χ3v) is 3.24. The van der Waals surface area contributed by atoms with Gasteiger partial charge in [0.2, 0.25) is 0 Å². The van der Waals surface area contributed by atoms with Crippen LogP contribution in [0.15, 0.2) is 29.1 Å². The van der Waals surface area contributed by atoms with Gasteiger partial charge in [-0.1, -0.05) is 32.0 Å². The quantitative estimate of drug-likeness (QED) is 0.829. The summed E-state index contributed by atoms with van der Waals surface area (Å²) in [7, 11) is 1.24. The molecule has 122 valence electrons. The van der Waals surface area contributed by atoms with E-state index >= 15 is 0 Å². The van der Waals surface area contributed by atoms with Gasteiger partial charge in [-0.05, 0) is 12.0 Å². The highest BCUT2D eigenvalue weighted by atomic mass is 16.5. The van der Waals surface area contributed by atoms with Gasteiger partial charge in [0.1, 0.15) is 6.54 Å². The Labute approximate surface area is 133 Å². The molecule has 0 aliphatic heterocycles. The summed E-state index contributed by atoms with van der Waals surface area (Å²) in [5.41, 5.74) is -0.122. The summed E-state index contributed by atoms with van der Waals surface area (Å²) < 4.78 is 5.78. The zero-order valence-corrected chi connectivity index (χ0v) is 13.3. The highest BCUT2D eigenvalue weighted by Gasteiger charge is 2.17. The molecule has 0 bridgehead atoms. The molecule has 0 aliphatic rings. The van der Waals surface area contributed by atoms with Crippen molar-refractivity contribution in [3.8, 4) is 0 Å². The Balaban J connectivity index is 2.49. The maximum atomic E-state index is 12.4. The zero-order chi connectivity index (χ0) is 17.0. The zero-order valence-electron chi connectivity index (χ0n) is 13.3. The standard InChI is InChI=1S/C16H19N3O4/c1-10(2)9-19-16(22)12-7-5-4-6-11(12)14(18-19)15(21)17-8-13(20)23-3/h4-7,10H,8-9H2,1-3H3,(H,17,21). The number of fused-ring (bicyclic) bond motifs is 1. The number of carbonyl (C=O) groups excluding carboxylic acids is 2. The fourth-order valence-electron chi connectivity index (χ4n) is 2.18. The van der Waals surface area contributed by atoms with E-state index in [2.05, 4.69) is 15.2 Å². The van der Waals surface area contributed by atoms with E-state index in [1.807, 2.05) is 13.8 Å². The smallest absolute Gasteiger partial charge is 0.325 e. The van der Waals surface area contributed by atoms with E-state index in [9.17, 15) is 14.4 Å². The maximum absolute atomic E-state index is 12.4. The van der Waals surface area contributed by atoms with Gasteiger partial charge in [0.25, 0.3) is 11.5 Å². The molecule has 2 aromatic rings. The minimum absolute atomic E-state index is 0.116. The van der Waals surface area contributed by atoms with E-state index in [4.69, 9.17) is 0 Å². The minimum atomic E-state index is -0.557. The fraction of sp³-hybridized carbons (Fsp3) is 0.375. The van der Waals surface area contributed by atoms with Gasteiger partial charge in [-0.15, -0.1) is 0 Å². The molecular weight excluding hydrogens is 298 g/mol. The lowest BCUT2D eigenvalue weighted by molar-refractivity contribution is -0.139. The van der Waals surface area contributed by atoms with Crippen LogP contribution in [0.4, 0.5) is 0 Å². The molecule has 0 atom stereocenters. The first-order valence-corrected chi connectivity index (χ1v) is 7.29. The van der Waals surface area contributed by atoms with E-state index in [0.717, 1.165) is 0 Å². The monoisotopic (exact) mass is 317 g/mol. The molecular formula is C16H19N3O4. The number of nitrogens with one attached hydrogen (secondary N) is 1. The van der Waals surface area contributed by atoms with Gasteiger partial charge >= 0.3 is 5.97 Å². The molecule has 0 unspecified atom stereocenters. The number of carbonyl (C=O) groups is 2. The molecule has 7 nitrogen and oxygen atoms in total. The average molecular weight is 317 g/mol. The highest BCUT2D eigenvalue weighted by Crippen LogP contribution is 2.13. The lowest BCUT2D eigenvalue weighted by Crippen LogP contribution is -2.34. The van der Waals surface area contributed by atoms with Crippen LogP contribution in [0.2, 0.25) is 0 Å². The summed E-state index contributed by atoms with van der Waals surface area (Å²) >= 11 is 0. The van der Waals surface area contributed by atoms with E-state index < -0.39 is 11.9 Å². The van der Waals surface area contributed by atoms with Crippen LogP contribution >= 0.6 is 0 Å². The van der Waals surface area contributed by atoms with Crippen molar-refractivity contribution in [1.29, 1.82) is 0 Å². The Bertz CT molecular complexity index is 796. The van der Waals surface area contributed by atoms with Crippen molar-refractivity contribution in [3.63, 3.8) is 0 Å². The fourth-order valence-corrected chi connectivity index (χ4v) is 2.18. The number of rotatable bonds is 5. The van der Waals surface area contributed by atoms with Gasteiger partial charge < -0.3 is 10.1 Å². The Morgan fingerprint density at radius 3 is 2.52 bits per heavy atom.